The van der Waals surface area contributed by atoms with Crippen LogP contribution in [-0.4, -0.2) is 57.1 Å². The maximum absolute atomic E-state index is 12.6. The van der Waals surface area contributed by atoms with Gasteiger partial charge in [0, 0.05) is 28.8 Å². The number of aromatic amines is 1. The molecule has 0 bridgehead atoms. The van der Waals surface area contributed by atoms with Crippen molar-refractivity contribution >= 4 is 55.1 Å². The fourth-order valence-electron chi connectivity index (χ4n) is 3.65. The van der Waals surface area contributed by atoms with Crippen molar-refractivity contribution in [1.29, 1.82) is 0 Å². The van der Waals surface area contributed by atoms with E-state index < -0.39 is 9.84 Å². The minimum atomic E-state index is -3.16. The number of H-pyrrole nitrogens is 1. The molecule has 4 N–H and O–H groups in total. The molecule has 180 valence electrons. The summed E-state index contributed by atoms with van der Waals surface area (Å²) in [5.41, 5.74) is 8.46. The van der Waals surface area contributed by atoms with E-state index in [1.807, 2.05) is 20.8 Å². The molecule has 0 saturated heterocycles. The van der Waals surface area contributed by atoms with E-state index >= 15 is 0 Å². The highest BCUT2D eigenvalue weighted by molar-refractivity contribution is 7.91. The summed E-state index contributed by atoms with van der Waals surface area (Å²) >= 11 is 6.72. The van der Waals surface area contributed by atoms with Crippen molar-refractivity contribution in [3.05, 3.63) is 35.1 Å². The zero-order chi connectivity index (χ0) is 24.8. The van der Waals surface area contributed by atoms with Gasteiger partial charge in [-0.1, -0.05) is 24.6 Å². The van der Waals surface area contributed by atoms with Crippen LogP contribution in [0.4, 0.5) is 5.82 Å². The average Bonchev–Trinajstić information content (AvgIpc) is 3.32. The summed E-state index contributed by atoms with van der Waals surface area (Å²) in [6.45, 7) is 7.63. The normalized spacial score (nSPS) is 12.5. The summed E-state index contributed by atoms with van der Waals surface area (Å²) in [5, 5.41) is 9.12. The van der Waals surface area contributed by atoms with Gasteiger partial charge in [0.2, 0.25) is 0 Å². The van der Waals surface area contributed by atoms with E-state index in [2.05, 4.69) is 20.3 Å². The number of nitrogen functional groups attached to an aromatic ring is 1. The molecule has 0 atom stereocenters. The predicted molar refractivity (Wildman–Crippen MR) is 134 cm³/mol. The molecule has 3 heterocycles. The van der Waals surface area contributed by atoms with Crippen LogP contribution in [0.2, 0.25) is 5.02 Å². The van der Waals surface area contributed by atoms with Crippen molar-refractivity contribution in [1.82, 2.24) is 30.0 Å². The molecule has 10 nitrogen and oxygen atoms in total. The molecule has 1 amide bonds. The number of amides is 1. The Labute approximate surface area is 201 Å². The van der Waals surface area contributed by atoms with Gasteiger partial charge in [-0.05, 0) is 32.9 Å². The maximum Gasteiger partial charge on any atom is 0.251 e. The van der Waals surface area contributed by atoms with Crippen molar-refractivity contribution < 1.29 is 13.2 Å². The zero-order valence-corrected chi connectivity index (χ0v) is 20.9. The second-order valence-electron chi connectivity index (χ2n) is 8.96. The lowest BCUT2D eigenvalue weighted by Gasteiger charge is -2.19. The topological polar surface area (TPSA) is 149 Å². The molecule has 0 spiro atoms. The van der Waals surface area contributed by atoms with Gasteiger partial charge in [-0.2, -0.15) is 5.10 Å². The van der Waals surface area contributed by atoms with Gasteiger partial charge < -0.3 is 16.0 Å². The van der Waals surface area contributed by atoms with Crippen LogP contribution in [0.3, 0.4) is 0 Å². The minimum absolute atomic E-state index is 0.0355. The lowest BCUT2D eigenvalue weighted by atomic mass is 10.1. The number of carbonyl (C=O) groups excluding carboxylic acids is 1. The number of rotatable bonds is 6. The fraction of sp³-hybridized carbons (Fsp3) is 0.364. The first-order valence-electron chi connectivity index (χ1n) is 10.7. The number of halogens is 1. The first-order chi connectivity index (χ1) is 15.9. The highest BCUT2D eigenvalue weighted by Gasteiger charge is 2.26. The Morgan fingerprint density at radius 1 is 1.26 bits per heavy atom. The third kappa shape index (κ3) is 4.32. The SMILES string of the molecule is CCS(=O)(=O)CCNC(=O)c1ccc2c(Cl)c(-c3nn(C(C)(C)C)c4ncnc(N)c34)[nH]c2c1. The molecule has 12 heteroatoms. The maximum atomic E-state index is 12.6. The molecule has 4 rings (SSSR count). The van der Waals surface area contributed by atoms with E-state index in [1.54, 1.807) is 29.8 Å². The first kappa shape index (κ1) is 24.0. The number of sulfone groups is 1. The Hall–Kier alpha value is -3.18. The van der Waals surface area contributed by atoms with Crippen LogP contribution in [-0.2, 0) is 15.4 Å². The smallest absolute Gasteiger partial charge is 0.251 e. The molecule has 0 aliphatic heterocycles. The van der Waals surface area contributed by atoms with E-state index in [0.29, 0.717) is 43.9 Å². The molecule has 0 unspecified atom stereocenters. The number of carbonyl (C=O) groups is 1. The number of anilines is 1. The summed E-state index contributed by atoms with van der Waals surface area (Å²) in [6.07, 6.45) is 1.40. The Bertz CT molecular complexity index is 1520. The average molecular weight is 504 g/mol. The third-order valence-corrected chi connectivity index (χ3v) is 7.60. The van der Waals surface area contributed by atoms with Crippen LogP contribution in [0.25, 0.3) is 33.3 Å². The summed E-state index contributed by atoms with van der Waals surface area (Å²) in [5.74, 6) is -0.163. The van der Waals surface area contributed by atoms with Crippen molar-refractivity contribution in [3.63, 3.8) is 0 Å². The predicted octanol–water partition coefficient (Wildman–Crippen LogP) is 3.13. The van der Waals surface area contributed by atoms with Gasteiger partial charge in [0.05, 0.1) is 27.4 Å². The molecule has 4 aromatic rings. The van der Waals surface area contributed by atoms with Gasteiger partial charge in [-0.15, -0.1) is 0 Å². The minimum Gasteiger partial charge on any atom is -0.383 e. The lowest BCUT2D eigenvalue weighted by molar-refractivity contribution is 0.0956. The van der Waals surface area contributed by atoms with Crippen LogP contribution >= 0.6 is 11.6 Å². The molecule has 0 aliphatic carbocycles. The van der Waals surface area contributed by atoms with Crippen molar-refractivity contribution in [2.75, 3.05) is 23.8 Å². The standard InChI is InChI=1S/C22H26ClN7O3S/c1-5-34(32,33)9-8-25-21(31)12-6-7-13-14(10-12)28-18(16(13)23)17-15-19(24)26-11-27-20(15)30(29-17)22(2,3)4/h6-7,10-11,28H,5,8-9H2,1-4H3,(H,25,31)(H2,24,26,27). The molecule has 0 fully saturated rings. The van der Waals surface area contributed by atoms with Gasteiger partial charge in [0.15, 0.2) is 15.5 Å². The quantitative estimate of drug-likeness (QED) is 0.366. The largest absolute Gasteiger partial charge is 0.383 e. The first-order valence-corrected chi connectivity index (χ1v) is 12.9. The molecule has 3 aromatic heterocycles. The number of nitrogens with zero attached hydrogens (tertiary/aromatic N) is 4. The van der Waals surface area contributed by atoms with Gasteiger partial charge in [-0.3, -0.25) is 4.79 Å². The Kier molecular flexibility index (Phi) is 6.03. The van der Waals surface area contributed by atoms with E-state index in [0.717, 1.165) is 0 Å². The highest BCUT2D eigenvalue weighted by atomic mass is 35.5. The summed E-state index contributed by atoms with van der Waals surface area (Å²) in [4.78, 5) is 24.3. The third-order valence-electron chi connectivity index (χ3n) is 5.50. The Morgan fingerprint density at radius 2 is 2.00 bits per heavy atom. The van der Waals surface area contributed by atoms with E-state index in [1.165, 1.54) is 6.33 Å². The second-order valence-corrected chi connectivity index (χ2v) is 11.8. The monoisotopic (exact) mass is 503 g/mol. The van der Waals surface area contributed by atoms with Gasteiger partial charge >= 0.3 is 0 Å². The lowest BCUT2D eigenvalue weighted by Crippen LogP contribution is -2.29. The van der Waals surface area contributed by atoms with E-state index in [-0.39, 0.29) is 35.3 Å². The van der Waals surface area contributed by atoms with Gasteiger partial charge in [-0.25, -0.2) is 23.1 Å². The molecule has 1 aromatic carbocycles. The molecule has 34 heavy (non-hydrogen) atoms. The molecular weight excluding hydrogens is 478 g/mol. The number of hydrogen-bond donors (Lipinski definition) is 3. The number of fused-ring (bicyclic) bond motifs is 2. The molecule has 0 saturated carbocycles. The van der Waals surface area contributed by atoms with Crippen LogP contribution in [0.5, 0.6) is 0 Å². The summed E-state index contributed by atoms with van der Waals surface area (Å²) < 4.78 is 25.1. The number of nitrogens with one attached hydrogen (secondary N) is 2. The summed E-state index contributed by atoms with van der Waals surface area (Å²) in [6, 6.07) is 5.04. The van der Waals surface area contributed by atoms with E-state index in [9.17, 15) is 13.2 Å². The number of nitrogens with two attached hydrogens (primary N) is 1. The summed E-state index contributed by atoms with van der Waals surface area (Å²) in [7, 11) is -3.16. The Balaban J connectivity index is 1.74. The van der Waals surface area contributed by atoms with Crippen LogP contribution in [0.15, 0.2) is 24.5 Å². The number of benzene rings is 1. The van der Waals surface area contributed by atoms with Crippen molar-refractivity contribution in [3.8, 4) is 11.4 Å². The number of hydrogen-bond acceptors (Lipinski definition) is 7. The van der Waals surface area contributed by atoms with Crippen LogP contribution in [0.1, 0.15) is 38.1 Å². The fourth-order valence-corrected chi connectivity index (χ4v) is 4.65. The van der Waals surface area contributed by atoms with Crippen molar-refractivity contribution in [2.24, 2.45) is 0 Å². The van der Waals surface area contributed by atoms with Crippen molar-refractivity contribution in [2.45, 2.75) is 33.2 Å². The van der Waals surface area contributed by atoms with Gasteiger partial charge in [0.25, 0.3) is 5.91 Å². The molecular formula is C22H26ClN7O3S. The molecule has 0 aliphatic rings. The van der Waals surface area contributed by atoms with Crippen LogP contribution < -0.4 is 11.1 Å². The van der Waals surface area contributed by atoms with E-state index in [4.69, 9.17) is 22.4 Å². The zero-order valence-electron chi connectivity index (χ0n) is 19.3. The highest BCUT2D eigenvalue weighted by Crippen LogP contribution is 2.39. The number of aromatic nitrogens is 5. The van der Waals surface area contributed by atoms with Gasteiger partial charge in [0.1, 0.15) is 17.8 Å². The second kappa shape index (κ2) is 8.55. The van der Waals surface area contributed by atoms with Crippen LogP contribution in [0, 0.1) is 0 Å². The molecule has 0 radical (unpaired) electrons. The Morgan fingerprint density at radius 3 is 2.68 bits per heavy atom.